The average Bonchev–Trinajstić information content (AvgIpc) is 3.23. The average molecular weight is 379 g/mol. The molecule has 0 fully saturated rings. The smallest absolute Gasteiger partial charge is 0.270 e. The lowest BCUT2D eigenvalue weighted by molar-refractivity contribution is 0.0932. The second kappa shape index (κ2) is 8.61. The van der Waals surface area contributed by atoms with E-state index in [-0.39, 0.29) is 11.9 Å². The largest absolute Gasteiger partial charge is 0.493 e. The summed E-state index contributed by atoms with van der Waals surface area (Å²) in [7, 11) is 3.23. The number of rotatable bonds is 7. The third-order valence-corrected chi connectivity index (χ3v) is 4.70. The topological polar surface area (TPSA) is 65.4 Å². The fraction of sp³-hybridized carbons (Fsp3) is 0.273. The van der Waals surface area contributed by atoms with Crippen LogP contribution in [0.15, 0.2) is 55.0 Å². The minimum Gasteiger partial charge on any atom is -0.493 e. The lowest BCUT2D eigenvalue weighted by Gasteiger charge is -2.14. The Bertz CT molecular complexity index is 965. The van der Waals surface area contributed by atoms with Crippen LogP contribution < -0.4 is 14.8 Å². The molecular formula is C22H25N3O3. The molecule has 28 heavy (non-hydrogen) atoms. The number of nitrogens with zero attached hydrogens (tertiary/aromatic N) is 2. The van der Waals surface area contributed by atoms with Crippen molar-refractivity contribution in [2.75, 3.05) is 14.2 Å². The van der Waals surface area contributed by atoms with E-state index in [1.54, 1.807) is 31.3 Å². The molecule has 6 nitrogen and oxygen atoms in total. The highest BCUT2D eigenvalue weighted by Gasteiger charge is 2.15. The highest BCUT2D eigenvalue weighted by atomic mass is 16.5. The zero-order chi connectivity index (χ0) is 20.1. The van der Waals surface area contributed by atoms with Gasteiger partial charge in [0, 0.05) is 11.7 Å². The standard InChI is InChI=1S/C22H25N3O3/c1-5-15(2)24-22(26)19-13-23-14-25(19)18-8-6-7-16(11-18)17-9-10-20(27-3)21(12-17)28-4/h6-15H,5H2,1-4H3,(H,24,26)/t15-/m1/s1. The first-order chi connectivity index (χ1) is 13.6. The molecule has 0 aliphatic rings. The van der Waals surface area contributed by atoms with Crippen LogP contribution in [0.2, 0.25) is 0 Å². The van der Waals surface area contributed by atoms with Gasteiger partial charge in [-0.15, -0.1) is 0 Å². The molecule has 1 heterocycles. The van der Waals surface area contributed by atoms with Crippen molar-refractivity contribution in [2.45, 2.75) is 26.3 Å². The van der Waals surface area contributed by atoms with Gasteiger partial charge in [-0.25, -0.2) is 4.98 Å². The van der Waals surface area contributed by atoms with Crippen molar-refractivity contribution in [3.63, 3.8) is 0 Å². The third kappa shape index (κ3) is 4.01. The van der Waals surface area contributed by atoms with Crippen molar-refractivity contribution in [1.82, 2.24) is 14.9 Å². The van der Waals surface area contributed by atoms with Crippen molar-refractivity contribution in [3.05, 3.63) is 60.7 Å². The van der Waals surface area contributed by atoms with Gasteiger partial charge in [0.2, 0.25) is 0 Å². The Labute approximate surface area is 165 Å². The van der Waals surface area contributed by atoms with E-state index in [1.165, 1.54) is 0 Å². The first-order valence-electron chi connectivity index (χ1n) is 9.23. The predicted octanol–water partition coefficient (Wildman–Crippen LogP) is 4.08. The molecule has 146 valence electrons. The Balaban J connectivity index is 1.95. The lowest BCUT2D eigenvalue weighted by atomic mass is 10.0. The Kier molecular flexibility index (Phi) is 5.99. The minimum absolute atomic E-state index is 0.106. The first kappa shape index (κ1) is 19.5. The van der Waals surface area contributed by atoms with Gasteiger partial charge < -0.3 is 14.8 Å². The number of aromatic nitrogens is 2. The zero-order valence-electron chi connectivity index (χ0n) is 16.6. The number of amides is 1. The number of carbonyl (C=O) groups excluding carboxylic acids is 1. The second-order valence-corrected chi connectivity index (χ2v) is 6.55. The molecule has 1 N–H and O–H groups in total. The van der Waals surface area contributed by atoms with E-state index in [0.29, 0.717) is 17.2 Å². The summed E-state index contributed by atoms with van der Waals surface area (Å²) in [5, 5.41) is 2.99. The Morgan fingerprint density at radius 3 is 2.57 bits per heavy atom. The van der Waals surface area contributed by atoms with Crippen LogP contribution in [0, 0.1) is 0 Å². The van der Waals surface area contributed by atoms with Gasteiger partial charge in [-0.3, -0.25) is 9.36 Å². The van der Waals surface area contributed by atoms with Crippen molar-refractivity contribution >= 4 is 5.91 Å². The van der Waals surface area contributed by atoms with Crippen LogP contribution in [-0.4, -0.2) is 35.7 Å². The molecule has 3 aromatic rings. The Morgan fingerprint density at radius 2 is 1.86 bits per heavy atom. The molecule has 0 unspecified atom stereocenters. The van der Waals surface area contributed by atoms with Crippen LogP contribution in [-0.2, 0) is 0 Å². The number of hydrogen-bond donors (Lipinski definition) is 1. The molecule has 0 aliphatic carbocycles. The van der Waals surface area contributed by atoms with E-state index in [1.807, 2.05) is 56.3 Å². The third-order valence-electron chi connectivity index (χ3n) is 4.70. The van der Waals surface area contributed by atoms with Gasteiger partial charge in [0.25, 0.3) is 5.91 Å². The molecule has 1 atom stereocenters. The maximum atomic E-state index is 12.6. The van der Waals surface area contributed by atoms with Crippen molar-refractivity contribution < 1.29 is 14.3 Å². The fourth-order valence-electron chi connectivity index (χ4n) is 2.92. The number of imidazole rings is 1. The van der Waals surface area contributed by atoms with Crippen LogP contribution in [0.5, 0.6) is 11.5 Å². The summed E-state index contributed by atoms with van der Waals surface area (Å²) >= 11 is 0. The number of nitrogens with one attached hydrogen (secondary N) is 1. The van der Waals surface area contributed by atoms with E-state index >= 15 is 0 Å². The van der Waals surface area contributed by atoms with E-state index < -0.39 is 0 Å². The zero-order valence-corrected chi connectivity index (χ0v) is 16.6. The number of carbonyl (C=O) groups is 1. The molecule has 2 aromatic carbocycles. The molecule has 0 saturated carbocycles. The number of hydrogen-bond acceptors (Lipinski definition) is 4. The maximum Gasteiger partial charge on any atom is 0.270 e. The van der Waals surface area contributed by atoms with Crippen molar-refractivity contribution in [1.29, 1.82) is 0 Å². The molecule has 1 amide bonds. The summed E-state index contributed by atoms with van der Waals surface area (Å²) < 4.78 is 12.5. The van der Waals surface area contributed by atoms with Crippen molar-refractivity contribution in [2.24, 2.45) is 0 Å². The van der Waals surface area contributed by atoms with E-state index in [4.69, 9.17) is 9.47 Å². The SMILES string of the molecule is CC[C@@H](C)NC(=O)c1cncn1-c1cccc(-c2ccc(OC)c(OC)c2)c1. The van der Waals surface area contributed by atoms with E-state index in [9.17, 15) is 4.79 Å². The predicted molar refractivity (Wildman–Crippen MR) is 109 cm³/mol. The molecule has 0 radical (unpaired) electrons. The summed E-state index contributed by atoms with van der Waals surface area (Å²) in [6.07, 6.45) is 4.11. The molecule has 1 aromatic heterocycles. The van der Waals surface area contributed by atoms with Gasteiger partial charge in [-0.1, -0.05) is 25.1 Å². The van der Waals surface area contributed by atoms with Crippen LogP contribution in [0.4, 0.5) is 0 Å². The van der Waals surface area contributed by atoms with Crippen LogP contribution in [0.3, 0.4) is 0 Å². The Morgan fingerprint density at radius 1 is 1.11 bits per heavy atom. The summed E-state index contributed by atoms with van der Waals surface area (Å²) in [6, 6.07) is 13.8. The summed E-state index contributed by atoms with van der Waals surface area (Å²) in [4.78, 5) is 16.7. The molecule has 0 aliphatic heterocycles. The number of ether oxygens (including phenoxy) is 2. The number of benzene rings is 2. The van der Waals surface area contributed by atoms with Crippen molar-refractivity contribution in [3.8, 4) is 28.3 Å². The summed E-state index contributed by atoms with van der Waals surface area (Å²) in [5.41, 5.74) is 3.36. The fourth-order valence-corrected chi connectivity index (χ4v) is 2.92. The Hall–Kier alpha value is -3.28. The monoisotopic (exact) mass is 379 g/mol. The van der Waals surface area contributed by atoms with Gasteiger partial charge in [-0.05, 0) is 48.7 Å². The minimum atomic E-state index is -0.136. The van der Waals surface area contributed by atoms with Gasteiger partial charge in [-0.2, -0.15) is 0 Å². The van der Waals surface area contributed by atoms with Gasteiger partial charge >= 0.3 is 0 Å². The lowest BCUT2D eigenvalue weighted by Crippen LogP contribution is -2.33. The van der Waals surface area contributed by atoms with E-state index in [2.05, 4.69) is 10.3 Å². The molecule has 0 spiro atoms. The van der Waals surface area contributed by atoms with Gasteiger partial charge in [0.05, 0.1) is 26.7 Å². The van der Waals surface area contributed by atoms with E-state index in [0.717, 1.165) is 23.2 Å². The first-order valence-corrected chi connectivity index (χ1v) is 9.23. The van der Waals surface area contributed by atoms with Crippen LogP contribution >= 0.6 is 0 Å². The highest BCUT2D eigenvalue weighted by molar-refractivity contribution is 5.93. The molecule has 3 rings (SSSR count). The quantitative estimate of drug-likeness (QED) is 0.672. The summed E-state index contributed by atoms with van der Waals surface area (Å²) in [5.74, 6) is 1.21. The normalized spacial score (nSPS) is 11.7. The van der Waals surface area contributed by atoms with Crippen LogP contribution in [0.1, 0.15) is 30.8 Å². The highest BCUT2D eigenvalue weighted by Crippen LogP contribution is 2.33. The maximum absolute atomic E-state index is 12.6. The molecular weight excluding hydrogens is 354 g/mol. The van der Waals surface area contributed by atoms with Crippen LogP contribution in [0.25, 0.3) is 16.8 Å². The molecule has 6 heteroatoms. The molecule has 0 bridgehead atoms. The number of methoxy groups -OCH3 is 2. The molecule has 0 saturated heterocycles. The van der Waals surface area contributed by atoms with Gasteiger partial charge in [0.1, 0.15) is 5.69 Å². The summed E-state index contributed by atoms with van der Waals surface area (Å²) in [6.45, 7) is 4.02. The van der Waals surface area contributed by atoms with Gasteiger partial charge in [0.15, 0.2) is 11.5 Å². The second-order valence-electron chi connectivity index (χ2n) is 6.55.